The Morgan fingerprint density at radius 2 is 1.08 bits per heavy atom. The van der Waals surface area contributed by atoms with Crippen LogP contribution in [0.3, 0.4) is 0 Å². The molecule has 0 aliphatic rings. The SMILES string of the molecule is CCCCCCCC/C=C\CCCCCCCCCC(=O)O[C@H](COC(=O)CCC[C@@H](O)/C=C/C=C\C/C=C\C=C\[C@@H](O)CCCCC)COP(=O)(O)OC[C@H](N)C(=O)O. The number of esters is 2. The zero-order valence-corrected chi connectivity index (χ0v) is 37.6. The van der Waals surface area contributed by atoms with Gasteiger partial charge in [0.05, 0.1) is 25.4 Å². The van der Waals surface area contributed by atoms with E-state index < -0.39 is 69.9 Å². The second kappa shape index (κ2) is 40.2. The predicted octanol–water partition coefficient (Wildman–Crippen LogP) is 9.89. The van der Waals surface area contributed by atoms with E-state index in [2.05, 4.69) is 30.5 Å². The van der Waals surface area contributed by atoms with Gasteiger partial charge in [-0.3, -0.25) is 23.4 Å². The van der Waals surface area contributed by atoms with Gasteiger partial charge in [0.25, 0.3) is 0 Å². The van der Waals surface area contributed by atoms with Gasteiger partial charge in [-0.15, -0.1) is 0 Å². The van der Waals surface area contributed by atoms with Gasteiger partial charge in [0.2, 0.25) is 0 Å². The molecule has 1 unspecified atom stereocenters. The largest absolute Gasteiger partial charge is 0.480 e. The number of carbonyl (C=O) groups excluding carboxylic acids is 2. The van der Waals surface area contributed by atoms with E-state index in [1.165, 1.54) is 57.8 Å². The summed E-state index contributed by atoms with van der Waals surface area (Å²) in [7, 11) is -4.78. The first kappa shape index (κ1) is 57.1. The van der Waals surface area contributed by atoms with Gasteiger partial charge >= 0.3 is 25.7 Å². The molecular formula is C46H80NO12P. The Hall–Kier alpha value is -2.90. The van der Waals surface area contributed by atoms with E-state index in [0.29, 0.717) is 25.7 Å². The molecule has 0 aromatic rings. The van der Waals surface area contributed by atoms with Crippen molar-refractivity contribution in [2.45, 2.75) is 192 Å². The highest BCUT2D eigenvalue weighted by atomic mass is 31.2. The summed E-state index contributed by atoms with van der Waals surface area (Å²) in [6.45, 7) is 2.46. The number of carbonyl (C=O) groups is 3. The van der Waals surface area contributed by atoms with Gasteiger partial charge in [-0.25, -0.2) is 4.57 Å². The lowest BCUT2D eigenvalue weighted by molar-refractivity contribution is -0.161. The number of ether oxygens (including phenoxy) is 2. The molecule has 5 atom stereocenters. The number of aliphatic hydroxyl groups excluding tert-OH is 2. The number of carboxylic acids is 1. The van der Waals surface area contributed by atoms with Crippen molar-refractivity contribution in [3.63, 3.8) is 0 Å². The minimum absolute atomic E-state index is 0.0293. The Morgan fingerprint density at radius 1 is 0.600 bits per heavy atom. The van der Waals surface area contributed by atoms with Crippen LogP contribution < -0.4 is 5.73 Å². The Morgan fingerprint density at radius 3 is 1.65 bits per heavy atom. The van der Waals surface area contributed by atoms with Gasteiger partial charge in [0.1, 0.15) is 12.6 Å². The van der Waals surface area contributed by atoms with Crippen molar-refractivity contribution in [2.24, 2.45) is 5.73 Å². The quantitative estimate of drug-likeness (QED) is 0.0127. The zero-order valence-electron chi connectivity index (χ0n) is 36.8. The molecule has 0 aromatic heterocycles. The van der Waals surface area contributed by atoms with Crippen LogP contribution in [0.5, 0.6) is 0 Å². The maximum Gasteiger partial charge on any atom is 0.472 e. The van der Waals surface area contributed by atoms with Crippen LogP contribution >= 0.6 is 7.82 Å². The van der Waals surface area contributed by atoms with E-state index in [-0.39, 0.29) is 12.8 Å². The zero-order chi connectivity index (χ0) is 44.5. The number of phosphoric acid groups is 1. The minimum atomic E-state index is -4.78. The first-order valence-electron chi connectivity index (χ1n) is 22.5. The van der Waals surface area contributed by atoms with Crippen molar-refractivity contribution in [1.29, 1.82) is 0 Å². The van der Waals surface area contributed by atoms with E-state index in [0.717, 1.165) is 57.8 Å². The molecule has 0 heterocycles. The molecule has 0 bridgehead atoms. The Balaban J connectivity index is 4.58. The van der Waals surface area contributed by atoms with Crippen molar-refractivity contribution in [3.8, 4) is 0 Å². The van der Waals surface area contributed by atoms with E-state index in [4.69, 9.17) is 24.8 Å². The van der Waals surface area contributed by atoms with Crippen LogP contribution in [0.25, 0.3) is 0 Å². The second-order valence-corrected chi connectivity index (χ2v) is 16.7. The lowest BCUT2D eigenvalue weighted by atomic mass is 10.1. The molecule has 6 N–H and O–H groups in total. The molecular weight excluding hydrogens is 789 g/mol. The summed E-state index contributed by atoms with van der Waals surface area (Å²) in [5.74, 6) is -2.64. The van der Waals surface area contributed by atoms with Gasteiger partial charge in [0.15, 0.2) is 6.10 Å². The molecule has 0 aliphatic carbocycles. The van der Waals surface area contributed by atoms with Crippen LogP contribution in [0, 0.1) is 0 Å². The Bertz CT molecular complexity index is 1280. The molecule has 0 aromatic carbocycles. The molecule has 0 amide bonds. The summed E-state index contributed by atoms with van der Waals surface area (Å²) in [4.78, 5) is 46.0. The van der Waals surface area contributed by atoms with Crippen molar-refractivity contribution < 1.29 is 57.7 Å². The number of hydrogen-bond donors (Lipinski definition) is 5. The van der Waals surface area contributed by atoms with Crippen molar-refractivity contribution >= 4 is 25.7 Å². The fourth-order valence-electron chi connectivity index (χ4n) is 5.80. The van der Waals surface area contributed by atoms with Crippen LogP contribution in [0.1, 0.15) is 168 Å². The molecule has 0 spiro atoms. The average molecular weight is 870 g/mol. The highest BCUT2D eigenvalue weighted by Gasteiger charge is 2.28. The van der Waals surface area contributed by atoms with Crippen molar-refractivity contribution in [1.82, 2.24) is 0 Å². The van der Waals surface area contributed by atoms with Crippen LogP contribution in [0.15, 0.2) is 60.8 Å². The fraction of sp³-hybridized carbons (Fsp3) is 0.717. The Labute approximate surface area is 361 Å². The maximum absolute atomic E-state index is 12.6. The van der Waals surface area contributed by atoms with Crippen molar-refractivity contribution in [2.75, 3.05) is 19.8 Å². The topological polar surface area (TPSA) is 212 Å². The first-order chi connectivity index (χ1) is 28.9. The molecule has 0 aliphatic heterocycles. The predicted molar refractivity (Wildman–Crippen MR) is 238 cm³/mol. The minimum Gasteiger partial charge on any atom is -0.480 e. The third-order valence-electron chi connectivity index (χ3n) is 9.45. The number of allylic oxidation sites excluding steroid dienone is 8. The lowest BCUT2D eigenvalue weighted by Crippen LogP contribution is -2.34. The van der Waals surface area contributed by atoms with Crippen LogP contribution in [0.2, 0.25) is 0 Å². The average Bonchev–Trinajstić information content (AvgIpc) is 3.21. The van der Waals surface area contributed by atoms with Gasteiger partial charge in [-0.05, 0) is 57.8 Å². The van der Waals surface area contributed by atoms with Gasteiger partial charge in [0, 0.05) is 12.8 Å². The normalized spacial score (nSPS) is 15.3. The van der Waals surface area contributed by atoms with E-state index in [1.807, 2.05) is 30.4 Å². The smallest absolute Gasteiger partial charge is 0.472 e. The summed E-state index contributed by atoms with van der Waals surface area (Å²) in [6.07, 6.45) is 39.2. The second-order valence-electron chi connectivity index (χ2n) is 15.2. The third-order valence-corrected chi connectivity index (χ3v) is 10.4. The molecule has 0 rings (SSSR count). The number of carboxylic acid groups (broad SMARTS) is 1. The Kier molecular flexibility index (Phi) is 38.2. The monoisotopic (exact) mass is 870 g/mol. The van der Waals surface area contributed by atoms with E-state index in [9.17, 15) is 34.1 Å². The number of nitrogens with two attached hydrogens (primary N) is 1. The van der Waals surface area contributed by atoms with Crippen LogP contribution in [-0.4, -0.2) is 82.3 Å². The molecule has 60 heavy (non-hydrogen) atoms. The number of unbranched alkanes of at least 4 members (excludes halogenated alkanes) is 15. The highest BCUT2D eigenvalue weighted by molar-refractivity contribution is 7.47. The van der Waals surface area contributed by atoms with Gasteiger partial charge < -0.3 is 35.4 Å². The lowest BCUT2D eigenvalue weighted by Gasteiger charge is -2.20. The van der Waals surface area contributed by atoms with Gasteiger partial charge in [-0.1, -0.05) is 158 Å². The van der Waals surface area contributed by atoms with Gasteiger partial charge in [-0.2, -0.15) is 0 Å². The molecule has 346 valence electrons. The summed E-state index contributed by atoms with van der Waals surface area (Å²) >= 11 is 0. The number of aliphatic hydroxyl groups is 2. The molecule has 13 nitrogen and oxygen atoms in total. The number of phosphoric ester groups is 1. The molecule has 0 fully saturated rings. The summed E-state index contributed by atoms with van der Waals surface area (Å²) in [6, 6.07) is -1.56. The standard InChI is InChI=1S/C46H80NO12P/c1-3-5-7-8-9-10-11-12-13-14-15-16-17-18-22-25-29-35-45(51)59-42(38-57-60(54,55)58-39-43(47)46(52)53)37-56-44(50)36-30-34-41(49)33-28-24-21-19-20-23-27-32-40(48)31-26-6-4-2/h12-13,20-21,23-24,27-28,32-33,40-43,48-49H,3-11,14-19,22,25-26,29-31,34-39,47H2,1-2H3,(H,52,53)(H,54,55)/b13-12-,23-20-,24-21-,32-27+,33-28+/t40-,41-,42+,43-/m0/s1. The molecule has 0 saturated heterocycles. The number of rotatable bonds is 41. The summed E-state index contributed by atoms with van der Waals surface area (Å²) in [5.41, 5.74) is 5.32. The maximum atomic E-state index is 12.6. The number of aliphatic carboxylic acids is 1. The van der Waals surface area contributed by atoms with Crippen LogP contribution in [0.4, 0.5) is 0 Å². The number of hydrogen-bond acceptors (Lipinski definition) is 11. The molecule has 0 radical (unpaired) electrons. The first-order valence-corrected chi connectivity index (χ1v) is 24.0. The van der Waals surface area contributed by atoms with Crippen molar-refractivity contribution in [3.05, 3.63) is 60.8 Å². The van der Waals surface area contributed by atoms with E-state index >= 15 is 0 Å². The summed E-state index contributed by atoms with van der Waals surface area (Å²) < 4.78 is 32.5. The molecule has 14 heteroatoms. The van der Waals surface area contributed by atoms with Crippen LogP contribution in [-0.2, 0) is 37.5 Å². The molecule has 0 saturated carbocycles. The van der Waals surface area contributed by atoms with E-state index in [1.54, 1.807) is 18.2 Å². The highest BCUT2D eigenvalue weighted by Crippen LogP contribution is 2.43. The third kappa shape index (κ3) is 39.2. The fourth-order valence-corrected chi connectivity index (χ4v) is 6.58. The summed E-state index contributed by atoms with van der Waals surface area (Å²) in [5, 5.41) is 29.0.